The van der Waals surface area contributed by atoms with Crippen molar-refractivity contribution >= 4 is 17.7 Å². The third kappa shape index (κ3) is 5.75. The van der Waals surface area contributed by atoms with Gasteiger partial charge in [0.15, 0.2) is 0 Å². The highest BCUT2D eigenvalue weighted by molar-refractivity contribution is 7.99. The molecule has 0 saturated carbocycles. The second-order valence-electron chi connectivity index (χ2n) is 5.80. The van der Waals surface area contributed by atoms with Crippen molar-refractivity contribution in [3.05, 3.63) is 29.8 Å². The predicted octanol–water partition coefficient (Wildman–Crippen LogP) is 2.37. The molecule has 7 heteroatoms. The van der Waals surface area contributed by atoms with E-state index in [0.29, 0.717) is 28.8 Å². The Hall–Kier alpha value is -1.18. The third-order valence-electron chi connectivity index (χ3n) is 4.06. The van der Waals surface area contributed by atoms with Crippen molar-refractivity contribution in [3.63, 3.8) is 0 Å². The van der Waals surface area contributed by atoms with Crippen molar-refractivity contribution in [2.24, 2.45) is 0 Å². The minimum absolute atomic E-state index is 0.167. The van der Waals surface area contributed by atoms with Crippen molar-refractivity contribution in [2.75, 3.05) is 39.8 Å². The molecule has 23 heavy (non-hydrogen) atoms. The van der Waals surface area contributed by atoms with Gasteiger partial charge in [-0.25, -0.2) is 0 Å². The normalized spacial score (nSPS) is 18.1. The van der Waals surface area contributed by atoms with Crippen LogP contribution in [-0.4, -0.2) is 67.3 Å². The maximum Gasteiger partial charge on any atom is 0.288 e. The van der Waals surface area contributed by atoms with Gasteiger partial charge in [0.1, 0.15) is 0 Å². The summed E-state index contributed by atoms with van der Waals surface area (Å²) >= 11 is 0.480. The predicted molar refractivity (Wildman–Crippen MR) is 89.2 cm³/mol. The molecule has 1 aliphatic heterocycles. The summed E-state index contributed by atoms with van der Waals surface area (Å²) in [6.07, 6.45) is 0. The smallest absolute Gasteiger partial charge is 0.288 e. The molecule has 1 fully saturated rings. The number of halogens is 2. The lowest BCUT2D eigenvalue weighted by molar-refractivity contribution is 0.0903. The second kappa shape index (κ2) is 8.61. The van der Waals surface area contributed by atoms with Gasteiger partial charge in [0.25, 0.3) is 11.7 Å². The quantitative estimate of drug-likeness (QED) is 0.805. The molecule has 2 rings (SSSR count). The van der Waals surface area contributed by atoms with E-state index in [2.05, 4.69) is 29.1 Å². The van der Waals surface area contributed by atoms with Crippen molar-refractivity contribution in [3.8, 4) is 0 Å². The van der Waals surface area contributed by atoms with E-state index in [1.165, 1.54) is 0 Å². The van der Waals surface area contributed by atoms with Crippen LogP contribution in [0.1, 0.15) is 17.3 Å². The average Bonchev–Trinajstić information content (AvgIpc) is 2.53. The van der Waals surface area contributed by atoms with Gasteiger partial charge in [0.05, 0.1) is 0 Å². The molecular weight excluding hydrogens is 320 g/mol. The molecule has 1 unspecified atom stereocenters. The largest absolute Gasteiger partial charge is 0.350 e. The zero-order valence-corrected chi connectivity index (χ0v) is 14.3. The number of nitrogens with zero attached hydrogens (tertiary/aromatic N) is 2. The summed E-state index contributed by atoms with van der Waals surface area (Å²) in [5.74, 6) is -2.61. The lowest BCUT2D eigenvalue weighted by Crippen LogP contribution is -2.51. The molecule has 1 atom stereocenters. The fourth-order valence-corrected chi connectivity index (χ4v) is 3.02. The summed E-state index contributed by atoms with van der Waals surface area (Å²) in [6.45, 7) is 6.79. The Morgan fingerprint density at radius 2 is 1.83 bits per heavy atom. The van der Waals surface area contributed by atoms with Crippen molar-refractivity contribution in [1.29, 1.82) is 0 Å². The van der Waals surface area contributed by atoms with E-state index in [1.54, 1.807) is 24.3 Å². The molecule has 4 nitrogen and oxygen atoms in total. The van der Waals surface area contributed by atoms with Crippen molar-refractivity contribution in [1.82, 2.24) is 15.1 Å². The molecule has 0 aliphatic carbocycles. The first-order valence-electron chi connectivity index (χ1n) is 7.71. The molecule has 0 radical (unpaired) electrons. The standard InChI is InChI=1S/C16H23F2N3OS/c1-12(21-9-7-20(2)8-10-21)11-19-15(22)13-3-5-14(6-4-13)23-16(17)18/h3-6,12,16H,7-11H2,1-2H3,(H,19,22). The molecule has 0 spiro atoms. The summed E-state index contributed by atoms with van der Waals surface area (Å²) in [5.41, 5.74) is 0.495. The average molecular weight is 343 g/mol. The Bertz CT molecular complexity index is 505. The van der Waals surface area contributed by atoms with Gasteiger partial charge in [-0.05, 0) is 38.2 Å². The third-order valence-corrected chi connectivity index (χ3v) is 4.78. The lowest BCUT2D eigenvalue weighted by atomic mass is 10.2. The number of likely N-dealkylation sites (N-methyl/N-ethyl adjacent to an activating group) is 1. The maximum absolute atomic E-state index is 12.3. The number of hydrogen-bond acceptors (Lipinski definition) is 4. The number of carbonyl (C=O) groups is 1. The number of thioether (sulfide) groups is 1. The molecular formula is C16H23F2N3OS. The lowest BCUT2D eigenvalue weighted by Gasteiger charge is -2.36. The first-order chi connectivity index (χ1) is 11.0. The monoisotopic (exact) mass is 343 g/mol. The molecule has 1 aliphatic rings. The van der Waals surface area contributed by atoms with E-state index in [0.717, 1.165) is 26.2 Å². The number of alkyl halides is 2. The number of amides is 1. The van der Waals surface area contributed by atoms with Crippen LogP contribution in [0, 0.1) is 0 Å². The van der Waals surface area contributed by atoms with E-state index in [4.69, 9.17) is 0 Å². The van der Waals surface area contributed by atoms with Crippen LogP contribution in [0.4, 0.5) is 8.78 Å². The molecule has 1 heterocycles. The minimum atomic E-state index is -2.45. The number of benzene rings is 1. The number of nitrogens with one attached hydrogen (secondary N) is 1. The first kappa shape index (κ1) is 18.2. The SMILES string of the molecule is CC(CNC(=O)c1ccc(SC(F)F)cc1)N1CCN(C)CC1. The van der Waals surface area contributed by atoms with Crippen LogP contribution in [0.15, 0.2) is 29.2 Å². The van der Waals surface area contributed by atoms with Gasteiger partial charge in [-0.2, -0.15) is 8.78 Å². The van der Waals surface area contributed by atoms with E-state index in [-0.39, 0.29) is 11.9 Å². The number of hydrogen-bond donors (Lipinski definition) is 1. The second-order valence-corrected chi connectivity index (χ2v) is 6.86. The zero-order chi connectivity index (χ0) is 16.8. The van der Waals surface area contributed by atoms with Gasteiger partial charge in [-0.3, -0.25) is 9.69 Å². The topological polar surface area (TPSA) is 35.6 Å². The van der Waals surface area contributed by atoms with E-state index in [1.807, 2.05) is 0 Å². The molecule has 1 saturated heterocycles. The molecule has 0 bridgehead atoms. The molecule has 1 N–H and O–H groups in total. The van der Waals surface area contributed by atoms with E-state index < -0.39 is 5.76 Å². The minimum Gasteiger partial charge on any atom is -0.350 e. The fourth-order valence-electron chi connectivity index (χ4n) is 2.52. The van der Waals surface area contributed by atoms with Gasteiger partial charge in [-0.1, -0.05) is 11.8 Å². The fraction of sp³-hybridized carbons (Fsp3) is 0.562. The van der Waals surface area contributed by atoms with Crippen LogP contribution in [0.25, 0.3) is 0 Å². The molecule has 1 aromatic carbocycles. The van der Waals surface area contributed by atoms with Gasteiger partial charge in [0.2, 0.25) is 0 Å². The maximum atomic E-state index is 12.3. The summed E-state index contributed by atoms with van der Waals surface area (Å²) in [4.78, 5) is 17.2. The Balaban J connectivity index is 1.80. The highest BCUT2D eigenvalue weighted by Crippen LogP contribution is 2.25. The van der Waals surface area contributed by atoms with Crippen LogP contribution in [0.2, 0.25) is 0 Å². The van der Waals surface area contributed by atoms with Crippen LogP contribution in [0.3, 0.4) is 0 Å². The zero-order valence-electron chi connectivity index (χ0n) is 13.5. The Morgan fingerprint density at radius 3 is 2.39 bits per heavy atom. The highest BCUT2D eigenvalue weighted by atomic mass is 32.2. The Kier molecular flexibility index (Phi) is 6.80. The van der Waals surface area contributed by atoms with Crippen molar-refractivity contribution in [2.45, 2.75) is 23.6 Å². The van der Waals surface area contributed by atoms with Gasteiger partial charge in [0, 0.05) is 49.2 Å². The number of piperazine rings is 1. The van der Waals surface area contributed by atoms with Crippen LogP contribution >= 0.6 is 11.8 Å². The van der Waals surface area contributed by atoms with Gasteiger partial charge in [-0.15, -0.1) is 0 Å². The van der Waals surface area contributed by atoms with Gasteiger partial charge < -0.3 is 10.2 Å². The molecule has 128 valence electrons. The first-order valence-corrected chi connectivity index (χ1v) is 8.59. The summed E-state index contributed by atoms with van der Waals surface area (Å²) in [5, 5.41) is 2.92. The number of rotatable bonds is 6. The van der Waals surface area contributed by atoms with Gasteiger partial charge >= 0.3 is 0 Å². The Morgan fingerprint density at radius 1 is 1.22 bits per heavy atom. The summed E-state index contributed by atoms with van der Waals surface area (Å²) in [7, 11) is 2.11. The Labute approximate surface area is 140 Å². The number of carbonyl (C=O) groups excluding carboxylic acids is 1. The summed E-state index contributed by atoms with van der Waals surface area (Å²) < 4.78 is 24.5. The van der Waals surface area contributed by atoms with Crippen molar-refractivity contribution < 1.29 is 13.6 Å². The van der Waals surface area contributed by atoms with Crippen LogP contribution < -0.4 is 5.32 Å². The summed E-state index contributed by atoms with van der Waals surface area (Å²) in [6, 6.07) is 6.55. The molecule has 0 aromatic heterocycles. The molecule has 1 amide bonds. The van der Waals surface area contributed by atoms with Crippen LogP contribution in [0.5, 0.6) is 0 Å². The highest BCUT2D eigenvalue weighted by Gasteiger charge is 2.19. The van der Waals surface area contributed by atoms with E-state index >= 15 is 0 Å². The van der Waals surface area contributed by atoms with Crippen LogP contribution in [-0.2, 0) is 0 Å². The van der Waals surface area contributed by atoms with E-state index in [9.17, 15) is 13.6 Å². The molecule has 1 aromatic rings.